The van der Waals surface area contributed by atoms with Crippen molar-refractivity contribution in [3.05, 3.63) is 52.8 Å². The van der Waals surface area contributed by atoms with E-state index in [4.69, 9.17) is 11.6 Å². The summed E-state index contributed by atoms with van der Waals surface area (Å²) in [6.07, 6.45) is 1.73. The Morgan fingerprint density at radius 1 is 1.33 bits per heavy atom. The molecule has 0 spiro atoms. The molecule has 0 atom stereocenters. The molecule has 0 saturated heterocycles. The lowest BCUT2D eigenvalue weighted by molar-refractivity contribution is 0.0950. The zero-order valence-corrected chi connectivity index (χ0v) is 10.8. The Balaban J connectivity index is 1.98. The molecule has 0 unspecified atom stereocenters. The lowest BCUT2D eigenvalue weighted by Crippen LogP contribution is -2.24. The van der Waals surface area contributed by atoms with Crippen LogP contribution in [0.5, 0.6) is 0 Å². The molecule has 0 aliphatic rings. The third kappa shape index (κ3) is 2.90. The van der Waals surface area contributed by atoms with Gasteiger partial charge in [0.15, 0.2) is 0 Å². The maximum atomic E-state index is 11.9. The van der Waals surface area contributed by atoms with Crippen molar-refractivity contribution in [1.82, 2.24) is 15.1 Å². The van der Waals surface area contributed by atoms with Gasteiger partial charge in [-0.25, -0.2) is 0 Å². The van der Waals surface area contributed by atoms with Gasteiger partial charge in [0.25, 0.3) is 5.91 Å². The Bertz CT molecular complexity index is 533. The van der Waals surface area contributed by atoms with E-state index in [9.17, 15) is 4.79 Å². The Labute approximate surface area is 111 Å². The fraction of sp³-hybridized carbons (Fsp3) is 0.231. The number of amides is 1. The Morgan fingerprint density at radius 3 is 2.72 bits per heavy atom. The predicted molar refractivity (Wildman–Crippen MR) is 70.5 cm³/mol. The van der Waals surface area contributed by atoms with Gasteiger partial charge in [-0.2, -0.15) is 5.10 Å². The molecule has 0 bridgehead atoms. The van der Waals surface area contributed by atoms with Gasteiger partial charge in [0.05, 0.1) is 12.2 Å². The molecule has 0 aliphatic heterocycles. The van der Waals surface area contributed by atoms with Gasteiger partial charge in [-0.1, -0.05) is 11.6 Å². The summed E-state index contributed by atoms with van der Waals surface area (Å²) in [5.41, 5.74) is 1.58. The first-order chi connectivity index (χ1) is 8.70. The minimum absolute atomic E-state index is 0.115. The van der Waals surface area contributed by atoms with Gasteiger partial charge in [-0.15, -0.1) is 0 Å². The first kappa shape index (κ1) is 12.6. The predicted octanol–water partition coefficient (Wildman–Crippen LogP) is 2.49. The van der Waals surface area contributed by atoms with E-state index in [-0.39, 0.29) is 5.91 Å². The first-order valence-corrected chi connectivity index (χ1v) is 6.13. The average molecular weight is 264 g/mol. The van der Waals surface area contributed by atoms with Gasteiger partial charge in [0.1, 0.15) is 0 Å². The number of nitrogens with zero attached hydrogens (tertiary/aromatic N) is 2. The number of carbonyl (C=O) groups excluding carboxylic acids is 1. The van der Waals surface area contributed by atoms with E-state index < -0.39 is 0 Å². The maximum absolute atomic E-state index is 11.9. The molecular formula is C13H14ClN3O. The molecular weight excluding hydrogens is 250 g/mol. The number of hydrogen-bond donors (Lipinski definition) is 1. The summed E-state index contributed by atoms with van der Waals surface area (Å²) >= 11 is 5.77. The minimum Gasteiger partial charge on any atom is -0.346 e. The van der Waals surface area contributed by atoms with Crippen LogP contribution in [0.25, 0.3) is 0 Å². The summed E-state index contributed by atoms with van der Waals surface area (Å²) in [6, 6.07) is 8.70. The minimum atomic E-state index is -0.115. The van der Waals surface area contributed by atoms with E-state index >= 15 is 0 Å². The summed E-state index contributed by atoms with van der Waals surface area (Å²) in [5, 5.41) is 7.62. The second-order valence-corrected chi connectivity index (χ2v) is 4.26. The summed E-state index contributed by atoms with van der Waals surface area (Å²) in [4.78, 5) is 11.9. The Kier molecular flexibility index (Phi) is 3.99. The summed E-state index contributed by atoms with van der Waals surface area (Å²) < 4.78 is 1.85. The van der Waals surface area contributed by atoms with Crippen molar-refractivity contribution in [2.45, 2.75) is 20.0 Å². The standard InChI is InChI=1S/C13H14ClN3O/c1-2-17-12(7-8-16-17)9-15-13(18)10-3-5-11(14)6-4-10/h3-8H,2,9H2,1H3,(H,15,18). The Hall–Kier alpha value is -1.81. The van der Waals surface area contributed by atoms with Crippen molar-refractivity contribution in [3.8, 4) is 0 Å². The highest BCUT2D eigenvalue weighted by Crippen LogP contribution is 2.09. The van der Waals surface area contributed by atoms with Crippen LogP contribution in [0.3, 0.4) is 0 Å². The molecule has 2 rings (SSSR count). The number of hydrogen-bond acceptors (Lipinski definition) is 2. The molecule has 1 amide bonds. The number of aromatic nitrogens is 2. The molecule has 0 radical (unpaired) electrons. The summed E-state index contributed by atoms with van der Waals surface area (Å²) in [5.74, 6) is -0.115. The zero-order chi connectivity index (χ0) is 13.0. The molecule has 1 N–H and O–H groups in total. The van der Waals surface area contributed by atoms with Crippen molar-refractivity contribution in [2.75, 3.05) is 0 Å². The molecule has 1 heterocycles. The third-order valence-electron chi connectivity index (χ3n) is 2.64. The average Bonchev–Trinajstić information content (AvgIpc) is 2.84. The molecule has 5 heteroatoms. The summed E-state index contributed by atoms with van der Waals surface area (Å²) in [6.45, 7) is 3.27. The number of aryl methyl sites for hydroxylation is 1. The van der Waals surface area contributed by atoms with Gasteiger partial charge >= 0.3 is 0 Å². The van der Waals surface area contributed by atoms with Crippen molar-refractivity contribution in [3.63, 3.8) is 0 Å². The van der Waals surface area contributed by atoms with E-state index in [2.05, 4.69) is 10.4 Å². The van der Waals surface area contributed by atoms with Crippen LogP contribution in [-0.4, -0.2) is 15.7 Å². The third-order valence-corrected chi connectivity index (χ3v) is 2.89. The van der Waals surface area contributed by atoms with Crippen molar-refractivity contribution >= 4 is 17.5 Å². The number of halogens is 1. The molecule has 1 aromatic heterocycles. The molecule has 1 aromatic carbocycles. The van der Waals surface area contributed by atoms with E-state index in [0.29, 0.717) is 17.1 Å². The molecule has 18 heavy (non-hydrogen) atoms. The number of rotatable bonds is 4. The van der Waals surface area contributed by atoms with Crippen molar-refractivity contribution in [1.29, 1.82) is 0 Å². The van der Waals surface area contributed by atoms with Crippen LogP contribution in [-0.2, 0) is 13.1 Å². The molecule has 2 aromatic rings. The largest absolute Gasteiger partial charge is 0.346 e. The smallest absolute Gasteiger partial charge is 0.251 e. The normalized spacial score (nSPS) is 10.3. The van der Waals surface area contributed by atoms with Crippen LogP contribution in [0, 0.1) is 0 Å². The second kappa shape index (κ2) is 5.69. The van der Waals surface area contributed by atoms with Crippen molar-refractivity contribution in [2.24, 2.45) is 0 Å². The van der Waals surface area contributed by atoms with Gasteiger partial charge < -0.3 is 5.32 Å². The quantitative estimate of drug-likeness (QED) is 0.921. The molecule has 0 saturated carbocycles. The van der Waals surface area contributed by atoms with E-state index in [1.807, 2.05) is 17.7 Å². The van der Waals surface area contributed by atoms with Crippen LogP contribution < -0.4 is 5.32 Å². The molecule has 4 nitrogen and oxygen atoms in total. The SMILES string of the molecule is CCn1nccc1CNC(=O)c1ccc(Cl)cc1. The van der Waals surface area contributed by atoms with Crippen molar-refractivity contribution < 1.29 is 4.79 Å². The zero-order valence-electron chi connectivity index (χ0n) is 10.1. The monoisotopic (exact) mass is 263 g/mol. The highest BCUT2D eigenvalue weighted by atomic mass is 35.5. The lowest BCUT2D eigenvalue weighted by Gasteiger charge is -2.07. The van der Waals surface area contributed by atoms with E-state index in [0.717, 1.165) is 12.2 Å². The van der Waals surface area contributed by atoms with Gasteiger partial charge in [-0.05, 0) is 37.3 Å². The van der Waals surface area contributed by atoms with Gasteiger partial charge in [-0.3, -0.25) is 9.48 Å². The number of nitrogens with one attached hydrogen (secondary N) is 1. The lowest BCUT2D eigenvalue weighted by atomic mass is 10.2. The highest BCUT2D eigenvalue weighted by Gasteiger charge is 2.06. The topological polar surface area (TPSA) is 46.9 Å². The van der Waals surface area contributed by atoms with Crippen LogP contribution in [0.4, 0.5) is 0 Å². The van der Waals surface area contributed by atoms with E-state index in [1.54, 1.807) is 30.5 Å². The van der Waals surface area contributed by atoms with E-state index in [1.165, 1.54) is 0 Å². The second-order valence-electron chi connectivity index (χ2n) is 3.83. The number of carbonyl (C=O) groups is 1. The van der Waals surface area contributed by atoms with Crippen LogP contribution in [0.1, 0.15) is 23.0 Å². The molecule has 0 aliphatic carbocycles. The van der Waals surface area contributed by atoms with Crippen LogP contribution in [0.2, 0.25) is 5.02 Å². The Morgan fingerprint density at radius 2 is 2.06 bits per heavy atom. The maximum Gasteiger partial charge on any atom is 0.251 e. The summed E-state index contributed by atoms with van der Waals surface area (Å²) in [7, 11) is 0. The fourth-order valence-corrected chi connectivity index (χ4v) is 1.80. The van der Waals surface area contributed by atoms with Crippen LogP contribution in [0.15, 0.2) is 36.5 Å². The van der Waals surface area contributed by atoms with Gasteiger partial charge in [0, 0.05) is 23.3 Å². The number of benzene rings is 1. The first-order valence-electron chi connectivity index (χ1n) is 5.75. The van der Waals surface area contributed by atoms with Crippen LogP contribution >= 0.6 is 11.6 Å². The fourth-order valence-electron chi connectivity index (χ4n) is 1.67. The molecule has 0 fully saturated rings. The van der Waals surface area contributed by atoms with Gasteiger partial charge in [0.2, 0.25) is 0 Å². The highest BCUT2D eigenvalue weighted by molar-refractivity contribution is 6.30. The molecule has 94 valence electrons.